The third-order valence-electron chi connectivity index (χ3n) is 8.91. The fourth-order valence-corrected chi connectivity index (χ4v) is 6.01. The number of rotatable bonds is 12. The van der Waals surface area contributed by atoms with Crippen molar-refractivity contribution in [2.24, 2.45) is 0 Å². The molecule has 0 saturated carbocycles. The van der Waals surface area contributed by atoms with Gasteiger partial charge in [-0.25, -0.2) is 14.4 Å². The number of carbonyl (C=O) groups is 3. The lowest BCUT2D eigenvalue weighted by atomic mass is 9.97. The van der Waals surface area contributed by atoms with Gasteiger partial charge in [0.15, 0.2) is 47.6 Å². The van der Waals surface area contributed by atoms with E-state index in [1.54, 1.807) is 0 Å². The van der Waals surface area contributed by atoms with Gasteiger partial charge >= 0.3 is 17.9 Å². The second kappa shape index (κ2) is 17.1. The molecule has 0 spiro atoms. The predicted octanol–water partition coefficient (Wildman–Crippen LogP) is -0.0312. The summed E-state index contributed by atoms with van der Waals surface area (Å²) in [6.45, 7) is 0. The number of fused-ring (bicyclic) bond motifs is 1. The summed E-state index contributed by atoms with van der Waals surface area (Å²) >= 11 is 0. The molecular formula is C37H34O21. The summed E-state index contributed by atoms with van der Waals surface area (Å²) in [6.07, 6.45) is -19.2. The number of ether oxygens (including phenoxy) is 5. The fraction of sp³-hybridized carbons (Fsp3) is 0.297. The molecule has 0 aliphatic carbocycles. The van der Waals surface area contributed by atoms with E-state index >= 15 is 0 Å². The average molecular weight is 815 g/mol. The van der Waals surface area contributed by atoms with E-state index in [2.05, 4.69) is 0 Å². The first-order valence-electron chi connectivity index (χ1n) is 16.9. The van der Waals surface area contributed by atoms with Crippen LogP contribution < -0.4 is 14.9 Å². The van der Waals surface area contributed by atoms with Crippen molar-refractivity contribution in [2.75, 3.05) is 7.11 Å². The highest BCUT2D eigenvalue weighted by molar-refractivity contribution is 5.87. The number of carboxylic acid groups (broad SMARTS) is 2. The molecule has 21 nitrogen and oxygen atoms in total. The van der Waals surface area contributed by atoms with E-state index in [9.17, 15) is 65.1 Å². The Morgan fingerprint density at radius 2 is 1.38 bits per heavy atom. The van der Waals surface area contributed by atoms with Gasteiger partial charge in [-0.3, -0.25) is 9.68 Å². The lowest BCUT2D eigenvalue weighted by Gasteiger charge is -2.45. The molecule has 1 aromatic heterocycles. The maximum Gasteiger partial charge on any atom is 0.365 e. The quantitative estimate of drug-likeness (QED) is 0.0515. The number of hydrogen-bond donors (Lipinski definition) is 9. The van der Waals surface area contributed by atoms with Crippen molar-refractivity contribution in [3.8, 4) is 40.1 Å². The molecule has 21 heteroatoms. The van der Waals surface area contributed by atoms with Crippen molar-refractivity contribution in [1.29, 1.82) is 0 Å². The van der Waals surface area contributed by atoms with Crippen molar-refractivity contribution >= 4 is 35.0 Å². The Morgan fingerprint density at radius 1 is 0.741 bits per heavy atom. The number of aliphatic carboxylic acids is 2. The van der Waals surface area contributed by atoms with Crippen molar-refractivity contribution in [3.63, 3.8) is 0 Å². The Morgan fingerprint density at radius 3 is 2.02 bits per heavy atom. The molecule has 3 aromatic carbocycles. The molecule has 0 radical (unpaired) electrons. The Kier molecular flexibility index (Phi) is 12.2. The summed E-state index contributed by atoms with van der Waals surface area (Å²) in [5, 5.41) is 92.0. The highest BCUT2D eigenvalue weighted by atomic mass is 17.2. The van der Waals surface area contributed by atoms with Crippen LogP contribution in [0.3, 0.4) is 0 Å². The highest BCUT2D eigenvalue weighted by Gasteiger charge is 2.55. The number of methoxy groups -OCH3 is 1. The van der Waals surface area contributed by atoms with Gasteiger partial charge in [0.2, 0.25) is 6.29 Å². The zero-order valence-electron chi connectivity index (χ0n) is 29.6. The third-order valence-corrected chi connectivity index (χ3v) is 8.91. The summed E-state index contributed by atoms with van der Waals surface area (Å²) in [7, 11) is 1.30. The second-order valence-corrected chi connectivity index (χ2v) is 12.8. The Bertz CT molecular complexity index is 2250. The van der Waals surface area contributed by atoms with E-state index in [-0.39, 0.29) is 45.3 Å². The number of hydrogen-bond acceptors (Lipinski definition) is 19. The molecule has 2 fully saturated rings. The molecule has 2 saturated heterocycles. The standard InChI is InChI=1S/C37H34O21/c1-51-22-10-14(2-8-18(22)39)3-9-24(42)57-58-33-29(46)27(44)31(35(49)50)55-37(33)56-32-28(45)26(43)30(34(47)48)54-36(32)52-17-6-4-15(5-7-17)21-13-20(41)25-19(40)11-16(38)12-23(25)53-21/h2-13,26-33,36-40,43-46H,1H3,(H,47,48)(H,49,50)/b9-3+/t26-,27-,28-,29-,30-,31-,32+,33+,36+,37-/m0/s1. The van der Waals surface area contributed by atoms with Crippen LogP contribution >= 0.6 is 0 Å². The van der Waals surface area contributed by atoms with Gasteiger partial charge in [0.05, 0.1) is 7.11 Å². The van der Waals surface area contributed by atoms with Crippen molar-refractivity contribution < 1.29 is 98.2 Å². The SMILES string of the molecule is COc1cc(/C=C/C(=O)OO[C@H]2[C@H](O[C@H]3[C@H](Oc4ccc(-c5cc(=O)c6c(O)cc(O)cc6o5)cc4)O[C@H](C(=O)O)[C@@H](O)[C@@H]3O)O[C@H](C(=O)O)[C@@H](O)[C@@H]2O)ccc1O. The van der Waals surface area contributed by atoms with Gasteiger partial charge in [-0.1, -0.05) is 6.07 Å². The van der Waals surface area contributed by atoms with Crippen LogP contribution in [0.2, 0.25) is 0 Å². The van der Waals surface area contributed by atoms with Gasteiger partial charge in [0.1, 0.15) is 58.4 Å². The van der Waals surface area contributed by atoms with Gasteiger partial charge in [-0.05, 0) is 48.0 Å². The van der Waals surface area contributed by atoms with Crippen LogP contribution in [0.15, 0.2) is 76.0 Å². The van der Waals surface area contributed by atoms with Crippen LogP contribution in [0, 0.1) is 0 Å². The summed E-state index contributed by atoms with van der Waals surface area (Å²) in [6, 6.07) is 12.6. The Hall–Kier alpha value is -6.30. The number of carbonyl (C=O) groups excluding carboxylic acids is 1. The Labute approximate surface area is 324 Å². The van der Waals surface area contributed by atoms with Gasteiger partial charge in [-0.2, -0.15) is 4.89 Å². The highest BCUT2D eigenvalue weighted by Crippen LogP contribution is 2.34. The molecule has 6 rings (SSSR count). The summed E-state index contributed by atoms with van der Waals surface area (Å²) < 4.78 is 33.0. The van der Waals surface area contributed by atoms with Crippen LogP contribution in [0.25, 0.3) is 28.4 Å². The monoisotopic (exact) mass is 814 g/mol. The summed E-state index contributed by atoms with van der Waals surface area (Å²) in [4.78, 5) is 58.9. The normalized spacial score (nSPS) is 27.3. The lowest BCUT2D eigenvalue weighted by Crippen LogP contribution is -2.66. The largest absolute Gasteiger partial charge is 0.508 e. The smallest absolute Gasteiger partial charge is 0.365 e. The second-order valence-electron chi connectivity index (χ2n) is 12.8. The third kappa shape index (κ3) is 8.66. The first-order chi connectivity index (χ1) is 27.6. The van der Waals surface area contributed by atoms with E-state index in [0.29, 0.717) is 5.56 Å². The van der Waals surface area contributed by atoms with E-state index in [0.717, 1.165) is 24.3 Å². The average Bonchev–Trinajstić information content (AvgIpc) is 3.17. The first-order valence-corrected chi connectivity index (χ1v) is 16.9. The van der Waals surface area contributed by atoms with E-state index < -0.39 is 90.5 Å². The van der Waals surface area contributed by atoms with E-state index in [4.69, 9.17) is 37.9 Å². The minimum Gasteiger partial charge on any atom is -0.508 e. The van der Waals surface area contributed by atoms with Crippen molar-refractivity contribution in [2.45, 2.75) is 61.4 Å². The molecular weight excluding hydrogens is 780 g/mol. The lowest BCUT2D eigenvalue weighted by molar-refractivity contribution is -0.402. The van der Waals surface area contributed by atoms with Crippen LogP contribution in [0.4, 0.5) is 0 Å². The maximum atomic E-state index is 12.7. The van der Waals surface area contributed by atoms with Crippen molar-refractivity contribution in [3.05, 3.63) is 82.5 Å². The molecule has 2 aliphatic heterocycles. The van der Waals surface area contributed by atoms with Gasteiger partial charge in [0.25, 0.3) is 0 Å². The predicted molar refractivity (Wildman–Crippen MR) is 188 cm³/mol. The summed E-state index contributed by atoms with van der Waals surface area (Å²) in [5.41, 5.74) is -0.116. The molecule has 308 valence electrons. The molecule has 2 aliphatic rings. The van der Waals surface area contributed by atoms with Gasteiger partial charge < -0.3 is 74.1 Å². The molecule has 0 amide bonds. The minimum absolute atomic E-state index is 0.000318. The van der Waals surface area contributed by atoms with Crippen LogP contribution in [0.1, 0.15) is 5.56 Å². The number of phenols is 3. The number of aliphatic hydroxyl groups excluding tert-OH is 4. The number of phenolic OH excluding ortho intramolecular Hbond substituents is 3. The van der Waals surface area contributed by atoms with Gasteiger partial charge in [0, 0.05) is 29.8 Å². The zero-order valence-corrected chi connectivity index (χ0v) is 29.6. The molecule has 9 N–H and O–H groups in total. The molecule has 10 atom stereocenters. The minimum atomic E-state index is -2.22. The molecule has 0 unspecified atom stereocenters. The molecule has 3 heterocycles. The molecule has 4 aromatic rings. The van der Waals surface area contributed by atoms with E-state index in [1.807, 2.05) is 0 Å². The number of carboxylic acids is 2. The zero-order chi connectivity index (χ0) is 42.0. The first kappa shape index (κ1) is 41.3. The van der Waals surface area contributed by atoms with Crippen molar-refractivity contribution in [1.82, 2.24) is 0 Å². The molecule has 0 bridgehead atoms. The number of aromatic hydroxyl groups is 3. The fourth-order valence-electron chi connectivity index (χ4n) is 6.01. The number of benzene rings is 3. The van der Waals surface area contributed by atoms with E-state index in [1.165, 1.54) is 55.7 Å². The van der Waals surface area contributed by atoms with Crippen LogP contribution in [0.5, 0.6) is 28.7 Å². The van der Waals surface area contributed by atoms with Gasteiger partial charge in [-0.15, -0.1) is 0 Å². The van der Waals surface area contributed by atoms with Crippen LogP contribution in [-0.4, -0.2) is 132 Å². The van der Waals surface area contributed by atoms with Crippen LogP contribution in [-0.2, 0) is 38.4 Å². The Balaban J connectivity index is 1.24. The maximum absolute atomic E-state index is 12.7. The molecule has 58 heavy (non-hydrogen) atoms. The topological polar surface area (TPSA) is 328 Å². The summed E-state index contributed by atoms with van der Waals surface area (Å²) in [5.74, 6) is -5.80. The number of aliphatic hydroxyl groups is 4.